The van der Waals surface area contributed by atoms with Crippen LogP contribution >= 0.6 is 0 Å². The molecule has 38 heteroatoms. The van der Waals surface area contributed by atoms with Crippen LogP contribution in [0.15, 0.2) is 78.9 Å². The van der Waals surface area contributed by atoms with Crippen LogP contribution in [-0.2, 0) is 86.4 Å². The van der Waals surface area contributed by atoms with Gasteiger partial charge in [-0.1, -0.05) is 38.1 Å². The quantitative estimate of drug-likeness (QED) is 0.0123. The van der Waals surface area contributed by atoms with Crippen LogP contribution in [0.1, 0.15) is 182 Å². The van der Waals surface area contributed by atoms with Crippen LogP contribution in [0.4, 0.5) is 57.4 Å². The Bertz CT molecular complexity index is 6670. The summed E-state index contributed by atoms with van der Waals surface area (Å²) in [4.78, 5) is 159. The number of aliphatic hydroxyl groups excluding tert-OH is 1. The Morgan fingerprint density at radius 2 is 0.850 bits per heavy atom. The number of amides is 10. The van der Waals surface area contributed by atoms with Crippen LogP contribution < -0.4 is 37.2 Å². The predicted molar refractivity (Wildman–Crippen MR) is 555 cm³/mol. The van der Waals surface area contributed by atoms with Gasteiger partial charge in [0.2, 0.25) is 12.3 Å². The first-order valence-electron chi connectivity index (χ1n) is 50.7. The smallest absolute Gasteiger partial charge is 0.256 e. The minimum Gasteiger partial charge on any atom is -0.396 e. The van der Waals surface area contributed by atoms with Crippen LogP contribution in [0.2, 0.25) is 0 Å². The van der Waals surface area contributed by atoms with E-state index in [2.05, 4.69) is 90.6 Å². The number of likely N-dealkylation sites (N-methyl/N-ethyl adjacent to an activating group) is 1. The Kier molecular flexibility index (Phi) is 33.6. The van der Waals surface area contributed by atoms with E-state index in [1.54, 1.807) is 36.4 Å². The SMILES string of the molecule is CCN(CC)CCN1CCCc2[nH]c(/C=C3\C(=O)Nc4cccc(CCO)c43)c(C)c2C1=O.COCC(=O)Nc1cc2c(cc1F)/C(=C/c1[nH]c3c(c1C)C(=O)N(CCN1CCOCC1)CCC3)C(=O)N2.Cc1c(/C=C2\C(=O)Nc3c(NC=O)cc(F)cc32)[nH]c2c1C(=O)N(CCN1CCOCC1)CCC2.Cc1c(/C=C2\C(=O)Nc3cc(NCc4ccc(F)cc4)c(F)cc32)[nH]c2c1C(=O)N(CCN1CCOCC1)CCC2. The number of aryl methyl sites for hydroxylation is 4. The van der Waals surface area contributed by atoms with Crippen molar-refractivity contribution in [3.05, 3.63) is 226 Å². The molecule has 15 heterocycles. The van der Waals surface area contributed by atoms with Crippen LogP contribution in [-0.4, -0.2) is 315 Å². The van der Waals surface area contributed by atoms with Gasteiger partial charge >= 0.3 is 0 Å². The Balaban J connectivity index is 0.000000134. The number of aromatic nitrogens is 4. The number of fused-ring (bicyclic) bond motifs is 8. The zero-order valence-electron chi connectivity index (χ0n) is 84.0. The van der Waals surface area contributed by atoms with Crippen molar-refractivity contribution in [1.29, 1.82) is 0 Å². The van der Waals surface area contributed by atoms with Gasteiger partial charge in [-0.15, -0.1) is 0 Å². The van der Waals surface area contributed by atoms with Crippen molar-refractivity contribution in [1.82, 2.24) is 59.1 Å². The van der Waals surface area contributed by atoms with Crippen molar-refractivity contribution in [2.45, 2.75) is 106 Å². The number of aliphatic hydroxyl groups is 1. The van der Waals surface area contributed by atoms with Gasteiger partial charge in [-0.05, 0) is 211 Å². The third-order valence-corrected chi connectivity index (χ3v) is 29.1. The lowest BCUT2D eigenvalue weighted by atomic mass is 9.97. The van der Waals surface area contributed by atoms with E-state index in [1.165, 1.54) is 43.5 Å². The van der Waals surface area contributed by atoms with E-state index in [0.29, 0.717) is 137 Å². The van der Waals surface area contributed by atoms with E-state index in [0.717, 1.165) is 267 Å². The second-order valence-corrected chi connectivity index (χ2v) is 38.3. The molecule has 5 aromatic carbocycles. The number of methoxy groups -OCH3 is 1. The van der Waals surface area contributed by atoms with Crippen molar-refractivity contribution < 1.29 is 89.6 Å². The third kappa shape index (κ3) is 23.5. The average molecular weight is 2020 g/mol. The zero-order chi connectivity index (χ0) is 103. The first-order valence-corrected chi connectivity index (χ1v) is 50.7. The number of morpholine rings is 3. The van der Waals surface area contributed by atoms with E-state index in [4.69, 9.17) is 18.9 Å². The molecule has 3 fully saturated rings. The van der Waals surface area contributed by atoms with Crippen molar-refractivity contribution in [2.75, 3.05) is 228 Å². The molecule has 12 N–H and O–H groups in total. The van der Waals surface area contributed by atoms with Crippen molar-refractivity contribution >= 4 is 146 Å². The summed E-state index contributed by atoms with van der Waals surface area (Å²) in [6.07, 6.45) is 14.2. The van der Waals surface area contributed by atoms with Gasteiger partial charge < -0.3 is 106 Å². The number of nitrogens with zero attached hydrogens (tertiary/aromatic N) is 8. The summed E-state index contributed by atoms with van der Waals surface area (Å²) in [6.45, 7) is 32.4. The van der Waals surface area contributed by atoms with Gasteiger partial charge in [0.05, 0.1) is 118 Å². The number of H-pyrrole nitrogens is 4. The van der Waals surface area contributed by atoms with Gasteiger partial charge in [-0.2, -0.15) is 0 Å². The Morgan fingerprint density at radius 3 is 1.28 bits per heavy atom. The second-order valence-electron chi connectivity index (χ2n) is 38.3. The van der Waals surface area contributed by atoms with Crippen LogP contribution in [0, 0.1) is 51.0 Å². The molecule has 0 atom stereocenters. The highest BCUT2D eigenvalue weighted by molar-refractivity contribution is 6.38. The van der Waals surface area contributed by atoms with Gasteiger partial charge in [0, 0.05) is 212 Å². The average Bonchev–Trinajstić information content (AvgIpc) is 1.62. The minimum atomic E-state index is -0.666. The Hall–Kier alpha value is -14.0. The number of rotatable bonds is 28. The Morgan fingerprint density at radius 1 is 0.449 bits per heavy atom. The van der Waals surface area contributed by atoms with Crippen LogP contribution in [0.3, 0.4) is 0 Å². The fraction of sp³-hybridized carbons (Fsp3) is 0.413. The third-order valence-electron chi connectivity index (χ3n) is 29.1. The number of hydrogen-bond donors (Lipinski definition) is 12. The summed E-state index contributed by atoms with van der Waals surface area (Å²) < 4.78 is 78.3. The number of nitrogens with one attached hydrogen (secondary N) is 11. The molecule has 0 aliphatic carbocycles. The number of halogens is 4. The normalized spacial score (nSPS) is 18.4. The number of benzene rings is 5. The molecule has 4 aromatic heterocycles. The molecule has 11 aliphatic rings. The fourth-order valence-electron chi connectivity index (χ4n) is 21.0. The summed E-state index contributed by atoms with van der Waals surface area (Å²) in [6, 6.07) is 19.6. The molecule has 34 nitrogen and oxygen atoms in total. The summed E-state index contributed by atoms with van der Waals surface area (Å²) in [5, 5.41) is 28.6. The maximum atomic E-state index is 15.1. The first-order chi connectivity index (χ1) is 71.2. The van der Waals surface area contributed by atoms with E-state index in [1.807, 2.05) is 71.6 Å². The molecule has 0 bridgehead atoms. The van der Waals surface area contributed by atoms with Crippen LogP contribution in [0.25, 0.3) is 46.6 Å². The maximum absolute atomic E-state index is 15.1. The van der Waals surface area contributed by atoms with E-state index < -0.39 is 29.3 Å². The van der Waals surface area contributed by atoms with Gasteiger partial charge in [0.1, 0.15) is 29.9 Å². The number of aromatic amines is 4. The van der Waals surface area contributed by atoms with Crippen molar-refractivity contribution in [2.24, 2.45) is 0 Å². The number of carbonyl (C=O) groups is 10. The van der Waals surface area contributed by atoms with Gasteiger partial charge in [0.25, 0.3) is 47.3 Å². The minimum absolute atomic E-state index is 0.00310. The molecule has 147 heavy (non-hydrogen) atoms. The molecule has 0 spiro atoms. The summed E-state index contributed by atoms with van der Waals surface area (Å²) in [7, 11) is 1.37. The largest absolute Gasteiger partial charge is 0.396 e. The van der Waals surface area contributed by atoms with E-state index in [-0.39, 0.29) is 88.6 Å². The standard InChI is InChI=1S/C31H33F2N5O3.C27H32FN5O5.C26H34N4O3.C25H28FN5O4/c1-19-26(35-25-3-2-8-38(31(40)29(19)25)10-9-37-11-13-41-14-12-37)16-23-22-15-24(33)28(17-27(22)36-30(23)39)34-18-20-4-6-21(32)7-5-20;1-16-21(13-18-17-12-19(28)23(30-24(34)15-37-2)14-22(17)31-26(18)35)29-20-4-3-5-33(27(36)25(16)20)7-6-32-8-10-38-11-9-32;1-4-29(5-2)13-14-30-12-7-10-20-23(26(30)33)17(3)22(27-20)16-19-24-18(11-15-31)8-6-9-21(24)28-25(19)32;1-15-20(13-18-17-11-16(26)12-21(27-14-32)23(17)29-24(18)33)28-19-3-2-4-31(25(34)22(15)19)6-5-30-7-9-35-10-8-30/h4-7,15-17,34-35H,2-3,8-14,18H2,1H3,(H,36,39);12-14,29H,3-11,15H2,1-2H3,(H,30,34)(H,31,35);6,8-9,16,27,31H,4-5,7,10-15H2,1-3H3,(H,28,32);11-14,28H,2-10H2,1H3,(H,27,32)(H,29,33)/b23-16-;18-13-;19-16-;18-13-. The van der Waals surface area contributed by atoms with E-state index in [9.17, 15) is 66.2 Å². The van der Waals surface area contributed by atoms with Crippen molar-refractivity contribution in [3.63, 3.8) is 0 Å². The number of hydrogen-bond acceptors (Lipinski definition) is 20. The Labute approximate surface area is 849 Å². The monoisotopic (exact) mass is 2020 g/mol. The topological polar surface area (TPSA) is 401 Å². The van der Waals surface area contributed by atoms with Crippen LogP contribution in [0.5, 0.6) is 0 Å². The first kappa shape index (κ1) is 104. The lowest BCUT2D eigenvalue weighted by Crippen LogP contribution is -2.43. The molecule has 0 saturated carbocycles. The lowest BCUT2D eigenvalue weighted by molar-refractivity contribution is -0.119. The molecule has 20 rings (SSSR count). The highest BCUT2D eigenvalue weighted by Crippen LogP contribution is 2.45. The van der Waals surface area contributed by atoms with Crippen molar-refractivity contribution in [3.8, 4) is 0 Å². The van der Waals surface area contributed by atoms with Gasteiger partial charge in [0.15, 0.2) is 0 Å². The van der Waals surface area contributed by atoms with Gasteiger partial charge in [-0.3, -0.25) is 62.6 Å². The molecule has 3 saturated heterocycles. The summed E-state index contributed by atoms with van der Waals surface area (Å²) in [5.74, 6) is -3.80. The second kappa shape index (κ2) is 47.3. The zero-order valence-corrected chi connectivity index (χ0v) is 84.0. The molecular weight excluding hydrogens is 1890 g/mol. The summed E-state index contributed by atoms with van der Waals surface area (Å²) >= 11 is 0. The molecule has 776 valence electrons. The molecule has 0 radical (unpaired) electrons. The summed E-state index contributed by atoms with van der Waals surface area (Å²) in [5.41, 5.74) is 19.9. The highest BCUT2D eigenvalue weighted by Gasteiger charge is 2.39. The molecular formula is C109H127F4N19O15. The maximum Gasteiger partial charge on any atom is 0.256 e. The number of anilines is 7. The lowest BCUT2D eigenvalue weighted by Gasteiger charge is -2.29. The molecule has 0 unspecified atom stereocenters. The number of ether oxygens (including phenoxy) is 4. The number of carbonyl (C=O) groups excluding carboxylic acids is 10. The molecule has 11 aliphatic heterocycles. The highest BCUT2D eigenvalue weighted by atomic mass is 19.1. The molecule has 9 aromatic rings. The molecule has 10 amide bonds. The predicted octanol–water partition coefficient (Wildman–Crippen LogP) is 12.0. The fourth-order valence-corrected chi connectivity index (χ4v) is 21.0. The van der Waals surface area contributed by atoms with E-state index >= 15 is 4.39 Å². The van der Waals surface area contributed by atoms with Gasteiger partial charge in [-0.25, -0.2) is 17.6 Å².